The molecular weight excluding hydrogens is 398 g/mol. The summed E-state index contributed by atoms with van der Waals surface area (Å²) < 4.78 is 0. The van der Waals surface area contributed by atoms with Crippen molar-refractivity contribution in [1.29, 1.82) is 0 Å². The van der Waals surface area contributed by atoms with Crippen LogP contribution in [0.15, 0.2) is 17.6 Å². The maximum Gasteiger partial charge on any atom is 0.0518 e. The van der Waals surface area contributed by atoms with Gasteiger partial charge >= 0.3 is 0 Å². The van der Waals surface area contributed by atoms with Crippen molar-refractivity contribution in [2.24, 2.45) is 39.0 Å². The van der Waals surface area contributed by atoms with E-state index in [2.05, 4.69) is 95.0 Å². The van der Waals surface area contributed by atoms with Gasteiger partial charge in [0.25, 0.3) is 0 Å². The van der Waals surface area contributed by atoms with Crippen LogP contribution in [0.1, 0.15) is 147 Å². The summed E-state index contributed by atoms with van der Waals surface area (Å²) in [4.78, 5) is 4.90. The standard InChI is InChI=1S/C32H63N/c1-13-18-24-32(12,29(16-4)19-14-2)31(11,23-15-3)27(7)21-20-26(6)22-25-33-28(8)30(9,10)17-5/h16,25-29H,4,13-15,17-24H2,1-3,5-12H3/t26?,27?,28?,29?,31-,32?/m1/s1. The van der Waals surface area contributed by atoms with Crippen molar-refractivity contribution >= 4 is 6.21 Å². The fourth-order valence-electron chi connectivity index (χ4n) is 5.93. The van der Waals surface area contributed by atoms with E-state index in [0.29, 0.717) is 34.1 Å². The van der Waals surface area contributed by atoms with Crippen LogP contribution in [0.25, 0.3) is 0 Å². The Morgan fingerprint density at radius 2 is 1.42 bits per heavy atom. The van der Waals surface area contributed by atoms with Gasteiger partial charge in [-0.3, -0.25) is 4.99 Å². The maximum atomic E-state index is 4.90. The largest absolute Gasteiger partial charge is 0.294 e. The van der Waals surface area contributed by atoms with Crippen LogP contribution in [0, 0.1) is 34.0 Å². The topological polar surface area (TPSA) is 12.4 Å². The van der Waals surface area contributed by atoms with E-state index >= 15 is 0 Å². The van der Waals surface area contributed by atoms with Gasteiger partial charge in [0.2, 0.25) is 0 Å². The molecule has 1 nitrogen and oxygen atoms in total. The molecule has 0 spiro atoms. The summed E-state index contributed by atoms with van der Waals surface area (Å²) in [6.07, 6.45) is 18.5. The van der Waals surface area contributed by atoms with Crippen LogP contribution in [0.3, 0.4) is 0 Å². The molecule has 0 aromatic rings. The van der Waals surface area contributed by atoms with Gasteiger partial charge in [0, 0.05) is 0 Å². The van der Waals surface area contributed by atoms with E-state index in [1.165, 1.54) is 64.2 Å². The minimum atomic E-state index is 0.291. The fourth-order valence-corrected chi connectivity index (χ4v) is 5.93. The molecule has 0 aliphatic carbocycles. The summed E-state index contributed by atoms with van der Waals surface area (Å²) in [6, 6.07) is 0.398. The monoisotopic (exact) mass is 461 g/mol. The van der Waals surface area contributed by atoms with Gasteiger partial charge in [-0.1, -0.05) is 107 Å². The van der Waals surface area contributed by atoms with Gasteiger partial charge in [0.05, 0.1) is 6.04 Å². The molecule has 0 saturated heterocycles. The Morgan fingerprint density at radius 1 is 0.788 bits per heavy atom. The Morgan fingerprint density at radius 3 is 1.91 bits per heavy atom. The average Bonchev–Trinajstić information content (AvgIpc) is 2.78. The van der Waals surface area contributed by atoms with E-state index in [4.69, 9.17) is 4.99 Å². The summed E-state index contributed by atoms with van der Waals surface area (Å²) >= 11 is 0. The normalized spacial score (nSPS) is 20.1. The molecule has 0 N–H and O–H groups in total. The van der Waals surface area contributed by atoms with Gasteiger partial charge in [-0.25, -0.2) is 0 Å². The maximum absolute atomic E-state index is 4.90. The molecule has 33 heavy (non-hydrogen) atoms. The summed E-state index contributed by atoms with van der Waals surface area (Å²) in [5, 5.41) is 0. The predicted molar refractivity (Wildman–Crippen MR) is 153 cm³/mol. The molecule has 0 saturated carbocycles. The van der Waals surface area contributed by atoms with Crippen molar-refractivity contribution in [3.05, 3.63) is 12.7 Å². The summed E-state index contributed by atoms with van der Waals surface area (Å²) in [6.45, 7) is 30.8. The number of aliphatic imine (C=N–C) groups is 1. The molecule has 0 amide bonds. The number of nitrogens with zero attached hydrogens (tertiary/aromatic N) is 1. The Bertz CT molecular complexity index is 547. The summed E-state index contributed by atoms with van der Waals surface area (Å²) in [5.41, 5.74) is 0.958. The minimum absolute atomic E-state index is 0.291. The quantitative estimate of drug-likeness (QED) is 0.134. The minimum Gasteiger partial charge on any atom is -0.294 e. The van der Waals surface area contributed by atoms with Gasteiger partial charge in [-0.2, -0.15) is 0 Å². The van der Waals surface area contributed by atoms with E-state index in [1.807, 2.05) is 0 Å². The third-order valence-corrected chi connectivity index (χ3v) is 9.89. The highest BCUT2D eigenvalue weighted by atomic mass is 14.8. The van der Waals surface area contributed by atoms with Gasteiger partial charge < -0.3 is 0 Å². The zero-order chi connectivity index (χ0) is 25.7. The van der Waals surface area contributed by atoms with E-state index in [1.54, 1.807) is 0 Å². The molecular formula is C32H63N. The number of unbranched alkanes of at least 4 members (excludes halogenated alkanes) is 1. The SMILES string of the molecule is C=CC(CCC)C(C)(CCCC)[C@](C)(CCC)C(C)CCC(C)CC=NC(C)C(C)(C)CC. The lowest BCUT2D eigenvalue weighted by atomic mass is 9.50. The molecule has 5 unspecified atom stereocenters. The lowest BCUT2D eigenvalue weighted by Gasteiger charge is -2.55. The van der Waals surface area contributed by atoms with Crippen LogP contribution in [0.4, 0.5) is 0 Å². The molecule has 0 aliphatic heterocycles. The third-order valence-electron chi connectivity index (χ3n) is 9.89. The Kier molecular flexibility index (Phi) is 15.1. The fraction of sp³-hybridized carbons (Fsp3) is 0.906. The van der Waals surface area contributed by atoms with Gasteiger partial charge in [-0.05, 0) is 85.7 Å². The van der Waals surface area contributed by atoms with Crippen molar-refractivity contribution in [1.82, 2.24) is 0 Å². The Labute approximate surface area is 210 Å². The summed E-state index contributed by atoms with van der Waals surface area (Å²) in [7, 11) is 0. The highest BCUT2D eigenvalue weighted by Gasteiger charge is 2.49. The second-order valence-corrected chi connectivity index (χ2v) is 12.5. The second kappa shape index (κ2) is 15.4. The third kappa shape index (κ3) is 9.18. The first-order valence-corrected chi connectivity index (χ1v) is 14.5. The number of rotatable bonds is 19. The van der Waals surface area contributed by atoms with E-state index in [9.17, 15) is 0 Å². The number of hydrogen-bond acceptors (Lipinski definition) is 1. The molecule has 0 aliphatic rings. The molecule has 0 aromatic carbocycles. The van der Waals surface area contributed by atoms with Crippen LogP contribution in [0.5, 0.6) is 0 Å². The van der Waals surface area contributed by atoms with Crippen LogP contribution in [-0.2, 0) is 0 Å². The smallest absolute Gasteiger partial charge is 0.0518 e. The number of hydrogen-bond donors (Lipinski definition) is 0. The molecule has 0 bridgehead atoms. The lowest BCUT2D eigenvalue weighted by Crippen LogP contribution is -2.47. The first kappa shape index (κ1) is 32.4. The van der Waals surface area contributed by atoms with Crippen molar-refractivity contribution in [3.8, 4) is 0 Å². The molecule has 0 heterocycles. The Hall–Kier alpha value is -0.590. The first-order chi connectivity index (χ1) is 15.4. The molecule has 0 aromatic heterocycles. The molecule has 196 valence electrons. The lowest BCUT2D eigenvalue weighted by molar-refractivity contribution is -0.0451. The highest BCUT2D eigenvalue weighted by molar-refractivity contribution is 5.57. The first-order valence-electron chi connectivity index (χ1n) is 14.5. The second-order valence-electron chi connectivity index (χ2n) is 12.5. The number of allylic oxidation sites excluding steroid dienone is 1. The van der Waals surface area contributed by atoms with Crippen LogP contribution in [-0.4, -0.2) is 12.3 Å². The van der Waals surface area contributed by atoms with Crippen LogP contribution >= 0.6 is 0 Å². The zero-order valence-corrected chi connectivity index (χ0v) is 24.9. The van der Waals surface area contributed by atoms with Gasteiger partial charge in [0.1, 0.15) is 0 Å². The van der Waals surface area contributed by atoms with Gasteiger partial charge in [-0.15, -0.1) is 6.58 Å². The molecule has 0 rings (SSSR count). The van der Waals surface area contributed by atoms with Crippen molar-refractivity contribution in [3.63, 3.8) is 0 Å². The highest BCUT2D eigenvalue weighted by Crippen LogP contribution is 2.57. The summed E-state index contributed by atoms with van der Waals surface area (Å²) in [5.74, 6) is 2.03. The van der Waals surface area contributed by atoms with Crippen molar-refractivity contribution in [2.45, 2.75) is 153 Å². The Balaban J connectivity index is 5.43. The van der Waals surface area contributed by atoms with Crippen LogP contribution in [0.2, 0.25) is 0 Å². The van der Waals surface area contributed by atoms with Crippen LogP contribution < -0.4 is 0 Å². The molecule has 1 heteroatoms. The zero-order valence-electron chi connectivity index (χ0n) is 24.9. The van der Waals surface area contributed by atoms with E-state index in [-0.39, 0.29) is 0 Å². The van der Waals surface area contributed by atoms with Crippen molar-refractivity contribution < 1.29 is 0 Å². The van der Waals surface area contributed by atoms with E-state index in [0.717, 1.165) is 12.3 Å². The van der Waals surface area contributed by atoms with Gasteiger partial charge in [0.15, 0.2) is 0 Å². The van der Waals surface area contributed by atoms with E-state index < -0.39 is 0 Å². The average molecular weight is 462 g/mol. The predicted octanol–water partition coefficient (Wildman–Crippen LogP) is 10.9. The molecule has 0 radical (unpaired) electrons. The molecule has 0 fully saturated rings. The molecule has 6 atom stereocenters. The van der Waals surface area contributed by atoms with Crippen molar-refractivity contribution in [2.75, 3.05) is 0 Å².